The van der Waals surface area contributed by atoms with Gasteiger partial charge in [-0.05, 0) is 29.8 Å². The molecule has 4 rings (SSSR count). The minimum Gasteiger partial charge on any atom is -0.352 e. The molecule has 1 unspecified atom stereocenters. The predicted octanol–water partition coefficient (Wildman–Crippen LogP) is 1.39. The highest BCUT2D eigenvalue weighted by Crippen LogP contribution is 2.20. The lowest BCUT2D eigenvalue weighted by molar-refractivity contribution is -0.129. The summed E-state index contributed by atoms with van der Waals surface area (Å²) in [5, 5.41) is 7.14. The first-order chi connectivity index (χ1) is 12.7. The minimum absolute atomic E-state index is 0.00584. The number of aromatic nitrogens is 3. The van der Waals surface area contributed by atoms with Crippen LogP contribution in [0, 0.1) is 5.92 Å². The second-order valence-corrected chi connectivity index (χ2v) is 6.41. The number of nitrogens with one attached hydrogen (secondary N) is 1. The van der Waals surface area contributed by atoms with Crippen LogP contribution in [0.1, 0.15) is 17.7 Å². The van der Waals surface area contributed by atoms with E-state index in [0.29, 0.717) is 19.6 Å². The zero-order valence-corrected chi connectivity index (χ0v) is 14.2. The normalized spacial score (nSPS) is 17.0. The number of nitrogens with zero attached hydrogens (tertiary/aromatic N) is 4. The Kier molecular flexibility index (Phi) is 4.35. The summed E-state index contributed by atoms with van der Waals surface area (Å²) >= 11 is 0. The molecule has 1 saturated heterocycles. The summed E-state index contributed by atoms with van der Waals surface area (Å²) in [7, 11) is 0. The molecule has 0 saturated carbocycles. The van der Waals surface area contributed by atoms with Crippen LogP contribution in [-0.4, -0.2) is 37.9 Å². The van der Waals surface area contributed by atoms with Gasteiger partial charge in [0.2, 0.25) is 11.8 Å². The Morgan fingerprint density at radius 2 is 2.12 bits per heavy atom. The predicted molar refractivity (Wildman–Crippen MR) is 94.8 cm³/mol. The Bertz CT molecular complexity index is 937. The molecule has 1 fully saturated rings. The number of hydrogen-bond donors (Lipinski definition) is 1. The molecule has 132 valence electrons. The van der Waals surface area contributed by atoms with Crippen LogP contribution >= 0.6 is 0 Å². The molecule has 0 aromatic carbocycles. The fourth-order valence-corrected chi connectivity index (χ4v) is 3.28. The van der Waals surface area contributed by atoms with Crippen LogP contribution in [0.25, 0.3) is 5.52 Å². The zero-order valence-electron chi connectivity index (χ0n) is 14.2. The van der Waals surface area contributed by atoms with Crippen molar-refractivity contribution in [2.24, 2.45) is 5.92 Å². The van der Waals surface area contributed by atoms with Crippen LogP contribution in [0.3, 0.4) is 0 Å². The van der Waals surface area contributed by atoms with Crippen molar-refractivity contribution in [3.8, 4) is 0 Å². The van der Waals surface area contributed by atoms with E-state index in [1.807, 2.05) is 42.6 Å². The summed E-state index contributed by atoms with van der Waals surface area (Å²) in [5.74, 6) is -0.423. The van der Waals surface area contributed by atoms with Crippen molar-refractivity contribution in [2.75, 3.05) is 6.54 Å². The van der Waals surface area contributed by atoms with Gasteiger partial charge >= 0.3 is 0 Å². The minimum atomic E-state index is -0.323. The molecule has 3 aromatic rings. The number of carbonyl (C=O) groups excluding carboxylic acids is 2. The van der Waals surface area contributed by atoms with Gasteiger partial charge < -0.3 is 10.2 Å². The third-order valence-electron chi connectivity index (χ3n) is 4.64. The standard InChI is InChI=1S/C19H19N5O2/c25-18-10-15(12-23(18)13-16-5-1-2-7-20-16)19(26)21-11-14-4-3-9-24-17(14)6-8-22-24/h1-9,15H,10-13H2,(H,21,26). The monoisotopic (exact) mass is 349 g/mol. The third kappa shape index (κ3) is 3.28. The maximum atomic E-state index is 12.5. The van der Waals surface area contributed by atoms with Gasteiger partial charge in [-0.25, -0.2) is 4.52 Å². The second-order valence-electron chi connectivity index (χ2n) is 6.41. The number of fused-ring (bicyclic) bond motifs is 1. The van der Waals surface area contributed by atoms with Gasteiger partial charge in [0.05, 0.1) is 23.7 Å². The highest BCUT2D eigenvalue weighted by molar-refractivity contribution is 5.89. The maximum absolute atomic E-state index is 12.5. The molecule has 1 N–H and O–H groups in total. The molecule has 1 aliphatic rings. The van der Waals surface area contributed by atoms with Crippen molar-refractivity contribution in [1.29, 1.82) is 0 Å². The third-order valence-corrected chi connectivity index (χ3v) is 4.64. The van der Waals surface area contributed by atoms with E-state index in [4.69, 9.17) is 0 Å². The smallest absolute Gasteiger partial charge is 0.225 e. The molecule has 0 bridgehead atoms. The summed E-state index contributed by atoms with van der Waals surface area (Å²) in [6.07, 6.45) is 5.55. The summed E-state index contributed by atoms with van der Waals surface area (Å²) in [6.45, 7) is 1.29. The van der Waals surface area contributed by atoms with E-state index in [-0.39, 0.29) is 24.2 Å². The first-order valence-electron chi connectivity index (χ1n) is 8.57. The molecule has 1 atom stereocenters. The van der Waals surface area contributed by atoms with Gasteiger partial charge in [-0.2, -0.15) is 5.10 Å². The van der Waals surface area contributed by atoms with E-state index < -0.39 is 0 Å². The largest absolute Gasteiger partial charge is 0.352 e. The first-order valence-corrected chi connectivity index (χ1v) is 8.57. The van der Waals surface area contributed by atoms with E-state index >= 15 is 0 Å². The van der Waals surface area contributed by atoms with Gasteiger partial charge in [0.15, 0.2) is 0 Å². The van der Waals surface area contributed by atoms with Crippen molar-refractivity contribution in [1.82, 2.24) is 24.8 Å². The molecule has 0 aliphatic carbocycles. The second kappa shape index (κ2) is 6.95. The molecule has 1 aliphatic heterocycles. The summed E-state index contributed by atoms with van der Waals surface area (Å²) < 4.78 is 1.77. The number of rotatable bonds is 5. The average molecular weight is 349 g/mol. The van der Waals surface area contributed by atoms with Gasteiger partial charge in [0.1, 0.15) is 0 Å². The first kappa shape index (κ1) is 16.3. The molecule has 7 nitrogen and oxygen atoms in total. The van der Waals surface area contributed by atoms with Crippen LogP contribution < -0.4 is 5.32 Å². The summed E-state index contributed by atoms with van der Waals surface area (Å²) in [5.41, 5.74) is 2.79. The quantitative estimate of drug-likeness (QED) is 0.755. The Labute approximate surface area is 150 Å². The number of hydrogen-bond acceptors (Lipinski definition) is 4. The summed E-state index contributed by atoms with van der Waals surface area (Å²) in [6, 6.07) is 11.4. The van der Waals surface area contributed by atoms with Crippen LogP contribution in [0.15, 0.2) is 55.0 Å². The van der Waals surface area contributed by atoms with Crippen molar-refractivity contribution in [3.05, 3.63) is 66.2 Å². The lowest BCUT2D eigenvalue weighted by Gasteiger charge is -2.16. The summed E-state index contributed by atoms with van der Waals surface area (Å²) in [4.78, 5) is 30.7. The molecule has 0 spiro atoms. The van der Waals surface area contributed by atoms with Gasteiger partial charge in [0.25, 0.3) is 0 Å². The lowest BCUT2D eigenvalue weighted by atomic mass is 10.1. The number of pyridine rings is 2. The van der Waals surface area contributed by atoms with Crippen molar-refractivity contribution >= 4 is 17.3 Å². The number of amides is 2. The van der Waals surface area contributed by atoms with E-state index in [0.717, 1.165) is 16.8 Å². The SMILES string of the molecule is O=C(NCc1cccn2nccc12)C1CC(=O)N(Cc2ccccn2)C1. The number of likely N-dealkylation sites (tertiary alicyclic amines) is 1. The van der Waals surface area contributed by atoms with Gasteiger partial charge in [-0.1, -0.05) is 12.1 Å². The molecule has 2 amide bonds. The average Bonchev–Trinajstić information content (AvgIpc) is 3.28. The Hall–Kier alpha value is -3.22. The van der Waals surface area contributed by atoms with Crippen LogP contribution in [0.4, 0.5) is 0 Å². The van der Waals surface area contributed by atoms with Crippen LogP contribution in [0.5, 0.6) is 0 Å². The van der Waals surface area contributed by atoms with E-state index in [1.54, 1.807) is 21.8 Å². The molecule has 0 radical (unpaired) electrons. The fourth-order valence-electron chi connectivity index (χ4n) is 3.28. The molecule has 4 heterocycles. The fraction of sp³-hybridized carbons (Fsp3) is 0.263. The van der Waals surface area contributed by atoms with Crippen molar-refractivity contribution in [3.63, 3.8) is 0 Å². The maximum Gasteiger partial charge on any atom is 0.225 e. The molecule has 3 aromatic heterocycles. The highest BCUT2D eigenvalue weighted by Gasteiger charge is 2.34. The van der Waals surface area contributed by atoms with Crippen molar-refractivity contribution in [2.45, 2.75) is 19.5 Å². The topological polar surface area (TPSA) is 79.6 Å². The highest BCUT2D eigenvalue weighted by atomic mass is 16.2. The van der Waals surface area contributed by atoms with E-state index in [1.165, 1.54) is 0 Å². The van der Waals surface area contributed by atoms with Gasteiger partial charge in [-0.3, -0.25) is 14.6 Å². The van der Waals surface area contributed by atoms with Crippen LogP contribution in [-0.2, 0) is 22.7 Å². The lowest BCUT2D eigenvalue weighted by Crippen LogP contribution is -2.32. The van der Waals surface area contributed by atoms with Gasteiger partial charge in [-0.15, -0.1) is 0 Å². The molecular formula is C19H19N5O2. The Morgan fingerprint density at radius 1 is 1.19 bits per heavy atom. The Morgan fingerprint density at radius 3 is 2.96 bits per heavy atom. The number of carbonyl (C=O) groups is 2. The van der Waals surface area contributed by atoms with Gasteiger partial charge in [0, 0.05) is 38.1 Å². The van der Waals surface area contributed by atoms with E-state index in [2.05, 4.69) is 15.4 Å². The molecule has 26 heavy (non-hydrogen) atoms. The van der Waals surface area contributed by atoms with Crippen LogP contribution in [0.2, 0.25) is 0 Å². The molecule has 7 heteroatoms. The van der Waals surface area contributed by atoms with Crippen molar-refractivity contribution < 1.29 is 9.59 Å². The molecular weight excluding hydrogens is 330 g/mol. The zero-order chi connectivity index (χ0) is 17.9. The Balaban J connectivity index is 1.37. The van der Waals surface area contributed by atoms with E-state index in [9.17, 15) is 9.59 Å².